The van der Waals surface area contributed by atoms with Gasteiger partial charge in [-0.1, -0.05) is 17.7 Å². The fourth-order valence-corrected chi connectivity index (χ4v) is 1.78. The number of hydrogen-bond acceptors (Lipinski definition) is 3. The number of aliphatic hydroxyl groups is 1. The third-order valence-electron chi connectivity index (χ3n) is 2.92. The highest BCUT2D eigenvalue weighted by Crippen LogP contribution is 2.15. The van der Waals surface area contributed by atoms with Gasteiger partial charge in [0.1, 0.15) is 6.04 Å². The Morgan fingerprint density at radius 2 is 1.90 bits per heavy atom. The van der Waals surface area contributed by atoms with Gasteiger partial charge < -0.3 is 15.5 Å². The van der Waals surface area contributed by atoms with E-state index in [-0.39, 0.29) is 13.0 Å². The van der Waals surface area contributed by atoms with Crippen LogP contribution in [0.1, 0.15) is 18.9 Å². The Bertz CT molecular complexity index is 459. The molecule has 1 aromatic carbocycles. The van der Waals surface area contributed by atoms with E-state index in [0.717, 1.165) is 5.56 Å². The maximum atomic E-state index is 12.1. The number of carboxylic acid groups (broad SMARTS) is 1. The standard InChI is InChI=1S/C14H20N2O4/c1-3-16(11-6-4-10(2)5-7-11)14(20)15-12(8-9-17)13(18)19/h4-7,12,17H,3,8-9H2,1-2H3,(H,15,20)(H,18,19). The first-order valence-corrected chi connectivity index (χ1v) is 6.48. The SMILES string of the molecule is CCN(C(=O)NC(CCO)C(=O)O)c1ccc(C)cc1. The monoisotopic (exact) mass is 280 g/mol. The number of carbonyl (C=O) groups excluding carboxylic acids is 1. The fourth-order valence-electron chi connectivity index (χ4n) is 1.78. The Labute approximate surface area is 118 Å². The number of rotatable bonds is 6. The Morgan fingerprint density at radius 3 is 2.35 bits per heavy atom. The molecule has 110 valence electrons. The molecule has 0 aliphatic heterocycles. The highest BCUT2D eigenvalue weighted by atomic mass is 16.4. The molecule has 3 N–H and O–H groups in total. The van der Waals surface area contributed by atoms with Crippen LogP contribution in [0.5, 0.6) is 0 Å². The van der Waals surface area contributed by atoms with Crippen LogP contribution in [-0.2, 0) is 4.79 Å². The number of hydrogen-bond donors (Lipinski definition) is 3. The Kier molecular flexibility index (Phi) is 5.99. The van der Waals surface area contributed by atoms with Crippen molar-refractivity contribution in [3.8, 4) is 0 Å². The predicted molar refractivity (Wildman–Crippen MR) is 75.9 cm³/mol. The highest BCUT2D eigenvalue weighted by Gasteiger charge is 2.22. The maximum absolute atomic E-state index is 12.1. The lowest BCUT2D eigenvalue weighted by Gasteiger charge is -2.24. The van der Waals surface area contributed by atoms with Gasteiger partial charge in [0.05, 0.1) is 0 Å². The smallest absolute Gasteiger partial charge is 0.326 e. The van der Waals surface area contributed by atoms with Crippen LogP contribution < -0.4 is 10.2 Å². The Morgan fingerprint density at radius 1 is 1.30 bits per heavy atom. The number of benzene rings is 1. The summed E-state index contributed by atoms with van der Waals surface area (Å²) in [5, 5.41) is 20.2. The summed E-state index contributed by atoms with van der Waals surface area (Å²) in [6.45, 7) is 3.87. The van der Waals surface area contributed by atoms with Crippen LogP contribution in [0.15, 0.2) is 24.3 Å². The minimum atomic E-state index is -1.16. The van der Waals surface area contributed by atoms with Crippen LogP contribution in [0.4, 0.5) is 10.5 Å². The molecule has 0 aliphatic carbocycles. The summed E-state index contributed by atoms with van der Waals surface area (Å²) in [5.41, 5.74) is 1.78. The van der Waals surface area contributed by atoms with E-state index in [1.165, 1.54) is 4.90 Å². The van der Waals surface area contributed by atoms with Gasteiger partial charge in [0, 0.05) is 25.3 Å². The van der Waals surface area contributed by atoms with Gasteiger partial charge in [-0.25, -0.2) is 9.59 Å². The number of aryl methyl sites for hydroxylation is 1. The Balaban J connectivity index is 2.81. The van der Waals surface area contributed by atoms with Crippen LogP contribution in [0, 0.1) is 6.92 Å². The second kappa shape index (κ2) is 7.49. The average Bonchev–Trinajstić information content (AvgIpc) is 2.41. The molecule has 2 amide bonds. The lowest BCUT2D eigenvalue weighted by molar-refractivity contribution is -0.139. The third kappa shape index (κ3) is 4.24. The van der Waals surface area contributed by atoms with Gasteiger partial charge >= 0.3 is 12.0 Å². The summed E-state index contributed by atoms with van der Waals surface area (Å²) in [7, 11) is 0. The molecule has 6 heteroatoms. The number of carboxylic acids is 1. The van der Waals surface area contributed by atoms with Crippen LogP contribution in [0.2, 0.25) is 0 Å². The van der Waals surface area contributed by atoms with Crippen molar-refractivity contribution in [2.24, 2.45) is 0 Å². The molecule has 1 atom stereocenters. The van der Waals surface area contributed by atoms with E-state index < -0.39 is 18.0 Å². The van der Waals surface area contributed by atoms with Gasteiger partial charge in [-0.2, -0.15) is 0 Å². The molecule has 1 rings (SSSR count). The Hall–Kier alpha value is -2.08. The summed E-state index contributed by atoms with van der Waals surface area (Å²) in [5.74, 6) is -1.16. The third-order valence-corrected chi connectivity index (χ3v) is 2.92. The zero-order chi connectivity index (χ0) is 15.1. The molecule has 1 unspecified atom stereocenters. The fraction of sp³-hybridized carbons (Fsp3) is 0.429. The number of anilines is 1. The summed E-state index contributed by atoms with van der Waals surface area (Å²) in [6, 6.07) is 5.80. The summed E-state index contributed by atoms with van der Waals surface area (Å²) < 4.78 is 0. The maximum Gasteiger partial charge on any atom is 0.326 e. The van der Waals surface area contributed by atoms with Gasteiger partial charge in [-0.3, -0.25) is 4.90 Å². The molecule has 0 radical (unpaired) electrons. The van der Waals surface area contributed by atoms with Gasteiger partial charge in [-0.15, -0.1) is 0 Å². The van der Waals surface area contributed by atoms with Gasteiger partial charge in [0.25, 0.3) is 0 Å². The van der Waals surface area contributed by atoms with E-state index >= 15 is 0 Å². The molecule has 0 saturated heterocycles. The van der Waals surface area contributed by atoms with Gasteiger partial charge in [0.2, 0.25) is 0 Å². The van der Waals surface area contributed by atoms with Crippen molar-refractivity contribution in [2.75, 3.05) is 18.1 Å². The number of amides is 2. The summed E-state index contributed by atoms with van der Waals surface area (Å²) in [4.78, 5) is 24.5. The molecule has 6 nitrogen and oxygen atoms in total. The van der Waals surface area contributed by atoms with Crippen molar-refractivity contribution in [1.29, 1.82) is 0 Å². The van der Waals surface area contributed by atoms with E-state index in [9.17, 15) is 9.59 Å². The molecule has 0 saturated carbocycles. The number of aliphatic hydroxyl groups excluding tert-OH is 1. The molecule has 0 bridgehead atoms. The molecule has 0 heterocycles. The van der Waals surface area contributed by atoms with Crippen LogP contribution in [0.3, 0.4) is 0 Å². The normalized spacial score (nSPS) is 11.8. The zero-order valence-electron chi connectivity index (χ0n) is 11.7. The van der Waals surface area contributed by atoms with E-state index in [2.05, 4.69) is 5.32 Å². The molecule has 0 aliphatic rings. The summed E-state index contributed by atoms with van der Waals surface area (Å²) >= 11 is 0. The number of nitrogens with zero attached hydrogens (tertiary/aromatic N) is 1. The van der Waals surface area contributed by atoms with Crippen molar-refractivity contribution in [2.45, 2.75) is 26.3 Å². The van der Waals surface area contributed by atoms with E-state index in [4.69, 9.17) is 10.2 Å². The van der Waals surface area contributed by atoms with Crippen LogP contribution in [-0.4, -0.2) is 41.4 Å². The van der Waals surface area contributed by atoms with Crippen LogP contribution in [0.25, 0.3) is 0 Å². The van der Waals surface area contributed by atoms with E-state index in [1.54, 1.807) is 19.1 Å². The zero-order valence-corrected chi connectivity index (χ0v) is 11.7. The lowest BCUT2D eigenvalue weighted by Crippen LogP contribution is -2.48. The van der Waals surface area contributed by atoms with E-state index in [0.29, 0.717) is 12.2 Å². The molecule has 0 fully saturated rings. The molecule has 0 aromatic heterocycles. The first kappa shape index (κ1) is 16.0. The van der Waals surface area contributed by atoms with E-state index in [1.807, 2.05) is 19.1 Å². The largest absolute Gasteiger partial charge is 0.480 e. The van der Waals surface area contributed by atoms with Crippen molar-refractivity contribution in [3.63, 3.8) is 0 Å². The number of nitrogens with one attached hydrogen (secondary N) is 1. The van der Waals surface area contributed by atoms with Gasteiger partial charge in [0.15, 0.2) is 0 Å². The topological polar surface area (TPSA) is 89.9 Å². The van der Waals surface area contributed by atoms with Crippen molar-refractivity contribution in [3.05, 3.63) is 29.8 Å². The average molecular weight is 280 g/mol. The second-order valence-electron chi connectivity index (χ2n) is 4.43. The predicted octanol–water partition coefficient (Wildman–Crippen LogP) is 1.37. The molecular weight excluding hydrogens is 260 g/mol. The molecule has 20 heavy (non-hydrogen) atoms. The summed E-state index contributed by atoms with van der Waals surface area (Å²) in [6.07, 6.45) is -0.0213. The van der Waals surface area contributed by atoms with Crippen molar-refractivity contribution in [1.82, 2.24) is 5.32 Å². The first-order chi connectivity index (χ1) is 9.49. The van der Waals surface area contributed by atoms with Crippen LogP contribution >= 0.6 is 0 Å². The minimum Gasteiger partial charge on any atom is -0.480 e. The highest BCUT2D eigenvalue weighted by molar-refractivity contribution is 5.94. The molecule has 1 aromatic rings. The lowest BCUT2D eigenvalue weighted by atomic mass is 10.2. The number of urea groups is 1. The second-order valence-corrected chi connectivity index (χ2v) is 4.43. The molecule has 0 spiro atoms. The minimum absolute atomic E-state index is 0.0213. The first-order valence-electron chi connectivity index (χ1n) is 6.48. The quantitative estimate of drug-likeness (QED) is 0.734. The number of aliphatic carboxylic acids is 1. The van der Waals surface area contributed by atoms with Gasteiger partial charge in [-0.05, 0) is 26.0 Å². The van der Waals surface area contributed by atoms with Crippen molar-refractivity contribution >= 4 is 17.7 Å². The number of carbonyl (C=O) groups is 2. The van der Waals surface area contributed by atoms with Crippen molar-refractivity contribution < 1.29 is 19.8 Å². The molecular formula is C14H20N2O4.